The van der Waals surface area contributed by atoms with E-state index >= 15 is 0 Å². The van der Waals surface area contributed by atoms with E-state index in [1.54, 1.807) is 0 Å². The number of alkyl halides is 2. The number of carbonyl (C=O) groups is 1. The second-order valence-corrected chi connectivity index (χ2v) is 8.32. The summed E-state index contributed by atoms with van der Waals surface area (Å²) in [5.74, 6) is 0.281. The SMILES string of the molecule is CCCCCC(Cl)C1CNC(C)N(C2CC(F)CCC[C@H]2C)C1=O. The van der Waals surface area contributed by atoms with Crippen molar-refractivity contribution in [3.05, 3.63) is 0 Å². The number of nitrogens with zero attached hydrogens (tertiary/aromatic N) is 1. The number of hydrogen-bond acceptors (Lipinski definition) is 2. The predicted molar refractivity (Wildman–Crippen MR) is 97.9 cm³/mol. The average molecular weight is 361 g/mol. The molecule has 0 aromatic heterocycles. The molecule has 1 heterocycles. The van der Waals surface area contributed by atoms with Crippen LogP contribution in [-0.2, 0) is 4.79 Å². The summed E-state index contributed by atoms with van der Waals surface area (Å²) in [5, 5.41) is 3.30. The van der Waals surface area contributed by atoms with Gasteiger partial charge in [-0.25, -0.2) is 4.39 Å². The van der Waals surface area contributed by atoms with Crippen molar-refractivity contribution in [2.24, 2.45) is 11.8 Å². The van der Waals surface area contributed by atoms with Crippen molar-refractivity contribution in [2.45, 2.75) is 95.9 Å². The molecule has 140 valence electrons. The molecule has 5 heteroatoms. The Bertz CT molecular complexity index is 409. The first-order chi connectivity index (χ1) is 11.5. The average Bonchev–Trinajstić information content (AvgIpc) is 2.69. The summed E-state index contributed by atoms with van der Waals surface area (Å²) in [6.07, 6.45) is 6.43. The molecule has 1 N–H and O–H groups in total. The molecule has 0 aromatic carbocycles. The fraction of sp³-hybridized carbons (Fsp3) is 0.947. The summed E-state index contributed by atoms with van der Waals surface area (Å²) in [6, 6.07) is -0.0141. The minimum absolute atomic E-state index is 0.0141. The van der Waals surface area contributed by atoms with Gasteiger partial charge >= 0.3 is 0 Å². The number of halogens is 2. The lowest BCUT2D eigenvalue weighted by molar-refractivity contribution is -0.147. The lowest BCUT2D eigenvalue weighted by Gasteiger charge is -2.46. The summed E-state index contributed by atoms with van der Waals surface area (Å²) in [4.78, 5) is 15.1. The van der Waals surface area contributed by atoms with E-state index in [1.165, 1.54) is 0 Å². The van der Waals surface area contributed by atoms with Gasteiger partial charge in [-0.2, -0.15) is 0 Å². The quantitative estimate of drug-likeness (QED) is 0.430. The van der Waals surface area contributed by atoms with Gasteiger partial charge in [-0.05, 0) is 38.5 Å². The van der Waals surface area contributed by atoms with Crippen molar-refractivity contribution >= 4 is 17.5 Å². The molecule has 5 unspecified atom stereocenters. The Morgan fingerprint density at radius 2 is 2.08 bits per heavy atom. The zero-order chi connectivity index (χ0) is 17.7. The van der Waals surface area contributed by atoms with Gasteiger partial charge in [0.05, 0.1) is 12.1 Å². The summed E-state index contributed by atoms with van der Waals surface area (Å²) >= 11 is 6.58. The molecule has 6 atom stereocenters. The highest BCUT2D eigenvalue weighted by Crippen LogP contribution is 2.33. The summed E-state index contributed by atoms with van der Waals surface area (Å²) in [5.41, 5.74) is 0. The third-order valence-electron chi connectivity index (χ3n) is 5.83. The Morgan fingerprint density at radius 3 is 2.79 bits per heavy atom. The highest BCUT2D eigenvalue weighted by atomic mass is 35.5. The molecular weight excluding hydrogens is 327 g/mol. The van der Waals surface area contributed by atoms with Crippen LogP contribution in [-0.4, -0.2) is 41.1 Å². The van der Waals surface area contributed by atoms with Crippen LogP contribution in [0.5, 0.6) is 0 Å². The zero-order valence-electron chi connectivity index (χ0n) is 15.4. The van der Waals surface area contributed by atoms with Crippen LogP contribution in [0.4, 0.5) is 4.39 Å². The van der Waals surface area contributed by atoms with Gasteiger partial charge in [-0.15, -0.1) is 11.6 Å². The van der Waals surface area contributed by atoms with Crippen LogP contribution in [0.2, 0.25) is 0 Å². The van der Waals surface area contributed by atoms with Crippen LogP contribution in [0.3, 0.4) is 0 Å². The lowest BCUT2D eigenvalue weighted by Crippen LogP contribution is -2.63. The monoisotopic (exact) mass is 360 g/mol. The second-order valence-electron chi connectivity index (χ2n) is 7.76. The van der Waals surface area contributed by atoms with E-state index < -0.39 is 6.17 Å². The van der Waals surface area contributed by atoms with Crippen molar-refractivity contribution in [2.75, 3.05) is 6.54 Å². The minimum atomic E-state index is -0.795. The fourth-order valence-electron chi connectivity index (χ4n) is 4.24. The molecule has 1 amide bonds. The Morgan fingerprint density at radius 1 is 1.33 bits per heavy atom. The van der Waals surface area contributed by atoms with Gasteiger partial charge in [0.25, 0.3) is 0 Å². The maximum absolute atomic E-state index is 14.2. The van der Waals surface area contributed by atoms with Gasteiger partial charge in [0.15, 0.2) is 0 Å². The summed E-state index contributed by atoms with van der Waals surface area (Å²) in [7, 11) is 0. The molecule has 1 aliphatic carbocycles. The van der Waals surface area contributed by atoms with E-state index in [2.05, 4.69) is 19.2 Å². The Labute approximate surface area is 151 Å². The first kappa shape index (κ1) is 20.0. The van der Waals surface area contributed by atoms with E-state index in [1.807, 2.05) is 11.8 Å². The smallest absolute Gasteiger partial charge is 0.229 e. The van der Waals surface area contributed by atoms with E-state index in [0.717, 1.165) is 38.5 Å². The fourth-order valence-corrected chi connectivity index (χ4v) is 4.59. The molecule has 0 radical (unpaired) electrons. The van der Waals surface area contributed by atoms with Crippen molar-refractivity contribution < 1.29 is 9.18 Å². The molecule has 0 aromatic rings. The number of amides is 1. The van der Waals surface area contributed by atoms with E-state index in [-0.39, 0.29) is 29.4 Å². The second kappa shape index (κ2) is 9.38. The maximum atomic E-state index is 14.2. The highest BCUT2D eigenvalue weighted by Gasteiger charge is 2.42. The third kappa shape index (κ3) is 4.85. The predicted octanol–water partition coefficient (Wildman–Crippen LogP) is 4.48. The highest BCUT2D eigenvalue weighted by molar-refractivity contribution is 6.22. The number of hydrogen-bond donors (Lipinski definition) is 1. The van der Waals surface area contributed by atoms with Crippen LogP contribution in [0, 0.1) is 11.8 Å². The number of carbonyl (C=O) groups excluding carboxylic acids is 1. The summed E-state index contributed by atoms with van der Waals surface area (Å²) < 4.78 is 14.2. The Balaban J connectivity index is 2.08. The molecule has 1 saturated carbocycles. The minimum Gasteiger partial charge on any atom is -0.324 e. The van der Waals surface area contributed by atoms with Crippen molar-refractivity contribution in [3.8, 4) is 0 Å². The van der Waals surface area contributed by atoms with Gasteiger partial charge in [0, 0.05) is 18.0 Å². The summed E-state index contributed by atoms with van der Waals surface area (Å²) in [6.45, 7) is 6.97. The van der Waals surface area contributed by atoms with Gasteiger partial charge < -0.3 is 4.90 Å². The van der Waals surface area contributed by atoms with Gasteiger partial charge in [-0.3, -0.25) is 10.1 Å². The molecule has 3 nitrogen and oxygen atoms in total. The molecule has 24 heavy (non-hydrogen) atoms. The third-order valence-corrected chi connectivity index (χ3v) is 6.35. The van der Waals surface area contributed by atoms with Gasteiger partial charge in [-0.1, -0.05) is 39.5 Å². The van der Waals surface area contributed by atoms with Crippen molar-refractivity contribution in [3.63, 3.8) is 0 Å². The zero-order valence-corrected chi connectivity index (χ0v) is 16.2. The van der Waals surface area contributed by atoms with E-state index in [4.69, 9.17) is 11.6 Å². The molecule has 1 saturated heterocycles. The van der Waals surface area contributed by atoms with Crippen LogP contribution in [0.1, 0.15) is 72.1 Å². The van der Waals surface area contributed by atoms with Gasteiger partial charge in [0.2, 0.25) is 5.91 Å². The first-order valence-electron chi connectivity index (χ1n) is 9.79. The van der Waals surface area contributed by atoms with Crippen LogP contribution < -0.4 is 5.32 Å². The first-order valence-corrected chi connectivity index (χ1v) is 10.2. The molecule has 0 spiro atoms. The normalized spacial score (nSPS) is 36.5. The van der Waals surface area contributed by atoms with E-state index in [9.17, 15) is 9.18 Å². The van der Waals surface area contributed by atoms with Crippen LogP contribution in [0.15, 0.2) is 0 Å². The molecule has 2 aliphatic rings. The molecule has 1 aliphatic heterocycles. The number of nitrogens with one attached hydrogen (secondary N) is 1. The maximum Gasteiger partial charge on any atom is 0.229 e. The van der Waals surface area contributed by atoms with Crippen molar-refractivity contribution in [1.82, 2.24) is 10.2 Å². The molecule has 2 fully saturated rings. The molecule has 2 rings (SSSR count). The Kier molecular flexibility index (Phi) is 7.80. The largest absolute Gasteiger partial charge is 0.324 e. The number of rotatable bonds is 6. The van der Waals surface area contributed by atoms with Crippen LogP contribution >= 0.6 is 11.6 Å². The molecular formula is C19H34ClFN2O. The number of unbranched alkanes of at least 4 members (excludes halogenated alkanes) is 2. The van der Waals surface area contributed by atoms with Gasteiger partial charge in [0.1, 0.15) is 6.17 Å². The van der Waals surface area contributed by atoms with Crippen molar-refractivity contribution in [1.29, 1.82) is 0 Å². The molecule has 0 bridgehead atoms. The Hall–Kier alpha value is -0.350. The van der Waals surface area contributed by atoms with E-state index in [0.29, 0.717) is 25.3 Å². The van der Waals surface area contributed by atoms with Crippen LogP contribution in [0.25, 0.3) is 0 Å². The standard InChI is InChI=1S/C19H34ClFN2O/c1-4-5-6-10-17(20)16-12-22-14(3)23(19(16)24)18-11-15(21)9-7-8-13(18)2/h13-18,22H,4-12H2,1-3H3/t13-,14?,15?,16?,17?,18?/m1/s1. The lowest BCUT2D eigenvalue weighted by atomic mass is 9.90. The topological polar surface area (TPSA) is 32.3 Å².